The van der Waals surface area contributed by atoms with Gasteiger partial charge in [0.15, 0.2) is 0 Å². The van der Waals surface area contributed by atoms with Crippen LogP contribution in [0.15, 0.2) is 35.1 Å². The zero-order valence-electron chi connectivity index (χ0n) is 10.5. The Morgan fingerprint density at radius 1 is 1.53 bits per heavy atom. The zero-order valence-corrected chi connectivity index (χ0v) is 10.5. The number of anilines is 1. The highest BCUT2D eigenvalue weighted by Gasteiger charge is 2.13. The summed E-state index contributed by atoms with van der Waals surface area (Å²) in [6.07, 6.45) is 2.92. The van der Waals surface area contributed by atoms with Crippen molar-refractivity contribution in [3.05, 3.63) is 42.0 Å². The molecule has 0 spiro atoms. The summed E-state index contributed by atoms with van der Waals surface area (Å²) in [5.74, 6) is 0.454. The molecule has 6 nitrogen and oxygen atoms in total. The highest BCUT2D eigenvalue weighted by Crippen LogP contribution is 2.18. The number of carbonyl (C=O) groups is 1. The van der Waals surface area contributed by atoms with Crippen molar-refractivity contribution in [3.8, 4) is 5.88 Å². The molecule has 100 valence electrons. The van der Waals surface area contributed by atoms with Crippen molar-refractivity contribution in [3.63, 3.8) is 0 Å². The molecule has 0 fully saturated rings. The van der Waals surface area contributed by atoms with E-state index in [2.05, 4.69) is 4.98 Å². The number of hydrogen-bond acceptors (Lipinski definition) is 6. The second-order valence-corrected chi connectivity index (χ2v) is 3.70. The van der Waals surface area contributed by atoms with Crippen molar-refractivity contribution in [2.45, 2.75) is 13.5 Å². The maximum absolute atomic E-state index is 11.6. The molecule has 6 heteroatoms. The van der Waals surface area contributed by atoms with E-state index in [0.717, 1.165) is 0 Å². The maximum Gasteiger partial charge on any atom is 0.340 e. The summed E-state index contributed by atoms with van der Waals surface area (Å²) in [7, 11) is 0. The summed E-state index contributed by atoms with van der Waals surface area (Å²) >= 11 is 0. The molecular formula is C13H14N2O4. The molecule has 0 unspecified atom stereocenters. The Morgan fingerprint density at radius 3 is 3.05 bits per heavy atom. The number of pyridine rings is 1. The van der Waals surface area contributed by atoms with Crippen LogP contribution in [0.2, 0.25) is 0 Å². The van der Waals surface area contributed by atoms with Gasteiger partial charge in [-0.1, -0.05) is 0 Å². The lowest BCUT2D eigenvalue weighted by molar-refractivity contribution is 0.0527. The van der Waals surface area contributed by atoms with Crippen molar-refractivity contribution in [1.82, 2.24) is 4.98 Å². The summed E-state index contributed by atoms with van der Waals surface area (Å²) in [4.78, 5) is 15.6. The Bertz CT molecular complexity index is 552. The van der Waals surface area contributed by atoms with E-state index in [9.17, 15) is 4.79 Å². The first-order valence-corrected chi connectivity index (χ1v) is 5.78. The third-order valence-electron chi connectivity index (χ3n) is 2.35. The molecule has 0 saturated heterocycles. The summed E-state index contributed by atoms with van der Waals surface area (Å²) in [5.41, 5.74) is 6.17. The smallest absolute Gasteiger partial charge is 0.340 e. The Balaban J connectivity index is 2.09. The van der Waals surface area contributed by atoms with Crippen molar-refractivity contribution in [2.24, 2.45) is 0 Å². The first-order chi connectivity index (χ1) is 9.20. The molecule has 0 aromatic carbocycles. The van der Waals surface area contributed by atoms with Gasteiger partial charge in [-0.2, -0.15) is 0 Å². The number of aromatic nitrogens is 1. The fourth-order valence-electron chi connectivity index (χ4n) is 1.45. The highest BCUT2D eigenvalue weighted by molar-refractivity contribution is 5.95. The first kappa shape index (κ1) is 12.9. The molecular weight excluding hydrogens is 248 g/mol. The van der Waals surface area contributed by atoms with E-state index in [4.69, 9.17) is 19.6 Å². The van der Waals surface area contributed by atoms with Gasteiger partial charge < -0.3 is 19.6 Å². The maximum atomic E-state index is 11.6. The minimum Gasteiger partial charge on any atom is -0.469 e. The van der Waals surface area contributed by atoms with Crippen molar-refractivity contribution < 1.29 is 18.7 Å². The normalized spacial score (nSPS) is 10.2. The fraction of sp³-hybridized carbons (Fsp3) is 0.231. The third kappa shape index (κ3) is 3.25. The number of nitrogens with two attached hydrogens (primary N) is 1. The van der Waals surface area contributed by atoms with Gasteiger partial charge in [-0.3, -0.25) is 0 Å². The number of rotatable bonds is 5. The van der Waals surface area contributed by atoms with Crippen molar-refractivity contribution >= 4 is 11.7 Å². The average molecular weight is 262 g/mol. The van der Waals surface area contributed by atoms with Gasteiger partial charge in [0.1, 0.15) is 12.4 Å². The van der Waals surface area contributed by atoms with E-state index >= 15 is 0 Å². The molecule has 2 aromatic rings. The number of nitrogen functional groups attached to an aromatic ring is 1. The Hall–Kier alpha value is -2.50. The lowest BCUT2D eigenvalue weighted by Gasteiger charge is -2.08. The monoisotopic (exact) mass is 262 g/mol. The molecule has 0 aliphatic rings. The quantitative estimate of drug-likeness (QED) is 0.829. The standard InChI is InChI=1S/C13H14N2O4/c1-2-17-13(16)10-6-12(15-7-11(10)14)19-8-9-4-3-5-18-9/h3-7H,2,8,14H2,1H3. The summed E-state index contributed by atoms with van der Waals surface area (Å²) in [6.45, 7) is 2.24. The SMILES string of the molecule is CCOC(=O)c1cc(OCc2ccco2)ncc1N. The Labute approximate surface area is 110 Å². The zero-order chi connectivity index (χ0) is 13.7. The van der Waals surface area contributed by atoms with Gasteiger partial charge in [0, 0.05) is 6.07 Å². The molecule has 2 rings (SSSR count). The van der Waals surface area contributed by atoms with Crippen LogP contribution < -0.4 is 10.5 Å². The minimum absolute atomic E-state index is 0.228. The van der Waals surface area contributed by atoms with E-state index < -0.39 is 5.97 Å². The topological polar surface area (TPSA) is 87.6 Å². The average Bonchev–Trinajstić information content (AvgIpc) is 2.91. The van der Waals surface area contributed by atoms with E-state index in [1.165, 1.54) is 12.3 Å². The third-order valence-corrected chi connectivity index (χ3v) is 2.35. The molecule has 0 atom stereocenters. The van der Waals surface area contributed by atoms with Crippen LogP contribution in [0.3, 0.4) is 0 Å². The van der Waals surface area contributed by atoms with Crippen molar-refractivity contribution in [2.75, 3.05) is 12.3 Å². The van der Waals surface area contributed by atoms with Crippen LogP contribution in [0.25, 0.3) is 0 Å². The van der Waals surface area contributed by atoms with Gasteiger partial charge in [0.25, 0.3) is 0 Å². The van der Waals surface area contributed by atoms with E-state index in [1.54, 1.807) is 25.3 Å². The summed E-state index contributed by atoms with van der Waals surface area (Å²) in [6, 6.07) is 5.00. The number of furan rings is 1. The second kappa shape index (κ2) is 5.90. The minimum atomic E-state index is -0.495. The number of nitrogens with zero attached hydrogens (tertiary/aromatic N) is 1. The predicted octanol–water partition coefficient (Wildman–Crippen LogP) is 2.01. The van der Waals surface area contributed by atoms with Gasteiger partial charge in [-0.15, -0.1) is 0 Å². The van der Waals surface area contributed by atoms with Gasteiger partial charge in [-0.25, -0.2) is 9.78 Å². The number of hydrogen-bond donors (Lipinski definition) is 1. The van der Waals surface area contributed by atoms with E-state index in [1.807, 2.05) is 0 Å². The van der Waals surface area contributed by atoms with Crippen LogP contribution in [0.1, 0.15) is 23.0 Å². The number of ether oxygens (including phenoxy) is 2. The summed E-state index contributed by atoms with van der Waals surface area (Å²) in [5, 5.41) is 0. The highest BCUT2D eigenvalue weighted by atomic mass is 16.5. The van der Waals surface area contributed by atoms with Gasteiger partial charge in [0.05, 0.1) is 30.3 Å². The lowest BCUT2D eigenvalue weighted by atomic mass is 10.2. The Kier molecular flexibility index (Phi) is 4.02. The van der Waals surface area contributed by atoms with Crippen molar-refractivity contribution in [1.29, 1.82) is 0 Å². The van der Waals surface area contributed by atoms with Gasteiger partial charge in [0.2, 0.25) is 5.88 Å². The van der Waals surface area contributed by atoms with Gasteiger partial charge >= 0.3 is 5.97 Å². The van der Waals surface area contributed by atoms with Crippen LogP contribution in [0, 0.1) is 0 Å². The van der Waals surface area contributed by atoms with E-state index in [-0.39, 0.29) is 30.3 Å². The molecule has 0 saturated carbocycles. The van der Waals surface area contributed by atoms with Gasteiger partial charge in [-0.05, 0) is 19.1 Å². The molecule has 0 bridgehead atoms. The van der Waals surface area contributed by atoms with Crippen LogP contribution in [0.4, 0.5) is 5.69 Å². The largest absolute Gasteiger partial charge is 0.469 e. The first-order valence-electron chi connectivity index (χ1n) is 5.78. The van der Waals surface area contributed by atoms with E-state index in [0.29, 0.717) is 5.76 Å². The van der Waals surface area contributed by atoms with Crippen LogP contribution in [-0.4, -0.2) is 17.6 Å². The lowest BCUT2D eigenvalue weighted by Crippen LogP contribution is -2.09. The molecule has 0 aliphatic heterocycles. The number of carbonyl (C=O) groups excluding carboxylic acids is 1. The summed E-state index contributed by atoms with van der Waals surface area (Å²) < 4.78 is 15.4. The van der Waals surface area contributed by atoms with Crippen LogP contribution in [0.5, 0.6) is 5.88 Å². The number of esters is 1. The molecule has 2 aromatic heterocycles. The predicted molar refractivity (Wildman–Crippen MR) is 67.6 cm³/mol. The fourth-order valence-corrected chi connectivity index (χ4v) is 1.45. The van der Waals surface area contributed by atoms with Crippen LogP contribution in [-0.2, 0) is 11.3 Å². The molecule has 2 heterocycles. The van der Waals surface area contributed by atoms with Crippen LogP contribution >= 0.6 is 0 Å². The second-order valence-electron chi connectivity index (χ2n) is 3.70. The molecule has 2 N–H and O–H groups in total. The molecule has 19 heavy (non-hydrogen) atoms. The Morgan fingerprint density at radius 2 is 2.37 bits per heavy atom. The molecule has 0 aliphatic carbocycles. The molecule has 0 radical (unpaired) electrons. The molecule has 0 amide bonds.